The van der Waals surface area contributed by atoms with Crippen LogP contribution in [0.3, 0.4) is 0 Å². The van der Waals surface area contributed by atoms with E-state index in [1.807, 2.05) is 18.2 Å². The molecule has 0 amide bonds. The van der Waals surface area contributed by atoms with E-state index in [9.17, 15) is 0 Å². The first-order valence-corrected chi connectivity index (χ1v) is 5.47. The minimum absolute atomic E-state index is 0.132. The Morgan fingerprint density at radius 2 is 2.00 bits per heavy atom. The van der Waals surface area contributed by atoms with Crippen molar-refractivity contribution >= 4 is 22.6 Å². The first-order chi connectivity index (χ1) is 8.33. The Kier molecular flexibility index (Phi) is 2.49. The lowest BCUT2D eigenvalue weighted by Gasteiger charge is -2.17. The highest BCUT2D eigenvalue weighted by atomic mass is 35.5. The zero-order chi connectivity index (χ0) is 11.7. The minimum atomic E-state index is -0.132. The Morgan fingerprint density at radius 3 is 2.71 bits per heavy atom. The molecular weight excluding hydrogens is 240 g/mol. The van der Waals surface area contributed by atoms with E-state index in [-0.39, 0.29) is 6.04 Å². The van der Waals surface area contributed by atoms with Gasteiger partial charge in [-0.1, -0.05) is 0 Å². The van der Waals surface area contributed by atoms with Gasteiger partial charge in [-0.05, 0) is 29.8 Å². The summed E-state index contributed by atoms with van der Waals surface area (Å²) >= 11 is 5.98. The topological polar surface area (TPSA) is 50.7 Å². The number of rotatable bonds is 2. The molecule has 0 fully saturated rings. The first kappa shape index (κ1) is 10.2. The van der Waals surface area contributed by atoms with Crippen molar-refractivity contribution < 1.29 is 8.83 Å². The third kappa shape index (κ3) is 1.99. The maximum absolute atomic E-state index is 5.98. The van der Waals surface area contributed by atoms with Crippen LogP contribution in [0.2, 0.25) is 0 Å². The van der Waals surface area contributed by atoms with Crippen LogP contribution >= 0.6 is 11.6 Å². The fourth-order valence-corrected chi connectivity index (χ4v) is 1.91. The molecule has 5 heteroatoms. The molecule has 17 heavy (non-hydrogen) atoms. The molecule has 3 rings (SSSR count). The van der Waals surface area contributed by atoms with Crippen LogP contribution in [-0.4, -0.2) is 5.29 Å². The zero-order valence-electron chi connectivity index (χ0n) is 8.76. The van der Waals surface area contributed by atoms with Crippen molar-refractivity contribution in [3.8, 4) is 0 Å². The summed E-state index contributed by atoms with van der Waals surface area (Å²) in [5.74, 6) is 0. The van der Waals surface area contributed by atoms with E-state index in [0.717, 1.165) is 16.8 Å². The summed E-state index contributed by atoms with van der Waals surface area (Å²) in [7, 11) is 0. The molecule has 2 aromatic heterocycles. The second-order valence-electron chi connectivity index (χ2n) is 3.64. The number of halogens is 1. The summed E-state index contributed by atoms with van der Waals surface area (Å²) in [6.45, 7) is 0. The fraction of sp³-hybridized carbons (Fsp3) is 0.0833. The highest BCUT2D eigenvalue weighted by Crippen LogP contribution is 2.27. The monoisotopic (exact) mass is 248 g/mol. The fourth-order valence-electron chi connectivity index (χ4n) is 1.70. The van der Waals surface area contributed by atoms with E-state index in [0.29, 0.717) is 5.29 Å². The van der Waals surface area contributed by atoms with E-state index in [4.69, 9.17) is 20.4 Å². The van der Waals surface area contributed by atoms with Gasteiger partial charge in [0, 0.05) is 16.8 Å². The lowest BCUT2D eigenvalue weighted by molar-refractivity contribution is 0.562. The molecule has 1 atom stereocenters. The maximum atomic E-state index is 5.98. The van der Waals surface area contributed by atoms with Crippen molar-refractivity contribution in [2.45, 2.75) is 6.04 Å². The average molecular weight is 249 g/mol. The van der Waals surface area contributed by atoms with Gasteiger partial charge in [-0.15, -0.1) is 0 Å². The van der Waals surface area contributed by atoms with Gasteiger partial charge in [0.25, 0.3) is 0 Å². The third-order valence-corrected chi connectivity index (χ3v) is 2.72. The molecule has 0 aliphatic carbocycles. The number of hydrogen-bond acceptors (Lipinski definition) is 4. The van der Waals surface area contributed by atoms with E-state index < -0.39 is 0 Å². The quantitative estimate of drug-likeness (QED) is 0.831. The van der Waals surface area contributed by atoms with Gasteiger partial charge in [0.15, 0.2) is 5.29 Å². The minimum Gasteiger partial charge on any atom is -0.472 e. The Hall–Kier alpha value is -1.94. The van der Waals surface area contributed by atoms with Crippen LogP contribution in [0.15, 0.2) is 57.1 Å². The first-order valence-electron chi connectivity index (χ1n) is 5.10. The molecule has 0 bridgehead atoms. The van der Waals surface area contributed by atoms with Gasteiger partial charge in [0.05, 0.1) is 25.1 Å². The van der Waals surface area contributed by atoms with Crippen LogP contribution in [0.5, 0.6) is 0 Å². The van der Waals surface area contributed by atoms with Crippen molar-refractivity contribution in [3.05, 3.63) is 54.4 Å². The van der Waals surface area contributed by atoms with Crippen molar-refractivity contribution in [1.29, 1.82) is 0 Å². The molecule has 0 saturated heterocycles. The molecule has 3 heterocycles. The molecule has 4 nitrogen and oxygen atoms in total. The molecule has 1 aliphatic rings. The van der Waals surface area contributed by atoms with Crippen molar-refractivity contribution in [1.82, 2.24) is 5.32 Å². The van der Waals surface area contributed by atoms with Crippen LogP contribution in [-0.2, 0) is 0 Å². The van der Waals surface area contributed by atoms with Crippen LogP contribution in [0.4, 0.5) is 0 Å². The highest BCUT2D eigenvalue weighted by molar-refractivity contribution is 6.65. The predicted molar refractivity (Wildman–Crippen MR) is 64.6 cm³/mol. The predicted octanol–water partition coefficient (Wildman–Crippen LogP) is 3.15. The lowest BCUT2D eigenvalue weighted by Crippen LogP contribution is -2.21. The van der Waals surface area contributed by atoms with Crippen LogP contribution in [0.25, 0.3) is 5.70 Å². The largest absolute Gasteiger partial charge is 0.472 e. The summed E-state index contributed by atoms with van der Waals surface area (Å²) < 4.78 is 10.1. The molecule has 0 radical (unpaired) electrons. The highest BCUT2D eigenvalue weighted by Gasteiger charge is 2.18. The summed E-state index contributed by atoms with van der Waals surface area (Å²) in [6.07, 6.45) is 8.52. The van der Waals surface area contributed by atoms with Gasteiger partial charge < -0.3 is 14.2 Å². The molecule has 1 N–H and O–H groups in total. The molecule has 0 spiro atoms. The van der Waals surface area contributed by atoms with Gasteiger partial charge in [-0.2, -0.15) is 0 Å². The molecule has 0 saturated carbocycles. The number of nitrogens with zero attached hydrogens (tertiary/aromatic N) is 1. The van der Waals surface area contributed by atoms with Gasteiger partial charge >= 0.3 is 0 Å². The second-order valence-corrected chi connectivity index (χ2v) is 4.00. The van der Waals surface area contributed by atoms with E-state index >= 15 is 0 Å². The van der Waals surface area contributed by atoms with E-state index in [1.54, 1.807) is 25.1 Å². The van der Waals surface area contributed by atoms with Gasteiger partial charge in [-0.3, -0.25) is 0 Å². The number of amidine groups is 1. The van der Waals surface area contributed by atoms with E-state index in [1.165, 1.54) is 0 Å². The summed E-state index contributed by atoms with van der Waals surface area (Å²) in [5.41, 5.74) is 2.78. The molecule has 2 aromatic rings. The summed E-state index contributed by atoms with van der Waals surface area (Å²) in [5, 5.41) is 3.35. The molecule has 1 unspecified atom stereocenters. The molecule has 1 aliphatic heterocycles. The maximum Gasteiger partial charge on any atom is 0.196 e. The van der Waals surface area contributed by atoms with Crippen molar-refractivity contribution in [2.75, 3.05) is 0 Å². The third-order valence-electron chi connectivity index (χ3n) is 2.53. The van der Waals surface area contributed by atoms with Crippen molar-refractivity contribution in [2.24, 2.45) is 4.99 Å². The lowest BCUT2D eigenvalue weighted by atomic mass is 10.1. The summed E-state index contributed by atoms with van der Waals surface area (Å²) in [6, 6.07) is 3.60. The number of hydrogen-bond donors (Lipinski definition) is 1. The Labute approximate surface area is 103 Å². The second kappa shape index (κ2) is 4.14. The number of aliphatic imine (C=N–C) groups is 1. The van der Waals surface area contributed by atoms with Crippen molar-refractivity contribution in [3.63, 3.8) is 0 Å². The number of nitrogens with one attached hydrogen (secondary N) is 1. The average Bonchev–Trinajstić information content (AvgIpc) is 3.02. The Morgan fingerprint density at radius 1 is 1.18 bits per heavy atom. The smallest absolute Gasteiger partial charge is 0.196 e. The normalized spacial score (nSPS) is 19.5. The van der Waals surface area contributed by atoms with Gasteiger partial charge in [0.2, 0.25) is 0 Å². The zero-order valence-corrected chi connectivity index (χ0v) is 9.52. The molecule has 0 aromatic carbocycles. The van der Waals surface area contributed by atoms with Crippen LogP contribution in [0, 0.1) is 0 Å². The summed E-state index contributed by atoms with van der Waals surface area (Å²) in [4.78, 5) is 4.29. The SMILES string of the molecule is ClC1=NC(c2ccoc2)C=C(c2ccoc2)N1. The van der Waals surface area contributed by atoms with Crippen LogP contribution in [0.1, 0.15) is 17.2 Å². The van der Waals surface area contributed by atoms with Gasteiger partial charge in [-0.25, -0.2) is 4.99 Å². The molecular formula is C12H9ClN2O2. The Balaban J connectivity index is 1.97. The Bertz CT molecular complexity index is 555. The number of furan rings is 2. The molecule has 86 valence electrons. The van der Waals surface area contributed by atoms with Crippen LogP contribution < -0.4 is 5.32 Å². The standard InChI is InChI=1S/C12H9ClN2O2/c13-12-14-10(8-1-3-16-6-8)5-11(15-12)9-2-4-17-7-9/h1-7,10H,(H,14,15). The van der Waals surface area contributed by atoms with E-state index in [2.05, 4.69) is 10.3 Å². The van der Waals surface area contributed by atoms with Gasteiger partial charge in [0.1, 0.15) is 6.04 Å².